The molecule has 0 saturated heterocycles. The van der Waals surface area contributed by atoms with Gasteiger partial charge in [-0.25, -0.2) is 0 Å². The summed E-state index contributed by atoms with van der Waals surface area (Å²) in [5, 5.41) is 21.0. The minimum absolute atomic E-state index is 0.0696. The molecule has 0 radical (unpaired) electrons. The van der Waals surface area contributed by atoms with Crippen LogP contribution in [0.15, 0.2) is 97.1 Å². The molecule has 0 fully saturated rings. The lowest BCUT2D eigenvalue weighted by Gasteiger charge is -2.49. The van der Waals surface area contributed by atoms with Crippen molar-refractivity contribution in [2.24, 2.45) is 0 Å². The van der Waals surface area contributed by atoms with Crippen LogP contribution in [0.3, 0.4) is 0 Å². The van der Waals surface area contributed by atoms with E-state index in [-0.39, 0.29) is 13.2 Å². The van der Waals surface area contributed by atoms with Gasteiger partial charge in [0.05, 0.1) is 0 Å². The predicted molar refractivity (Wildman–Crippen MR) is 129 cm³/mol. The van der Waals surface area contributed by atoms with Gasteiger partial charge in [-0.05, 0) is 57.3 Å². The molecule has 32 heavy (non-hydrogen) atoms. The Bertz CT molecular complexity index is 1130. The molecule has 0 unspecified atom stereocenters. The molecule has 0 bridgehead atoms. The fraction of sp³-hybridized carbons (Fsp3) is 0.200. The summed E-state index contributed by atoms with van der Waals surface area (Å²) >= 11 is 0. The molecule has 0 aromatic heterocycles. The standard InChI is InChI=1S/C30H26O2/c31-19-17-29(25-13-5-1-9-21(25)22-10-2-6-14-26(22)29)30(18-20-32)27-15-7-3-11-23(27)24-12-4-8-16-28(24)30/h1-16,31-32H,17-20H2. The van der Waals surface area contributed by atoms with E-state index < -0.39 is 10.8 Å². The molecule has 2 N–H and O–H groups in total. The van der Waals surface area contributed by atoms with Gasteiger partial charge in [-0.1, -0.05) is 97.1 Å². The molecule has 4 aromatic carbocycles. The van der Waals surface area contributed by atoms with Crippen LogP contribution < -0.4 is 0 Å². The van der Waals surface area contributed by atoms with Crippen LogP contribution in [-0.4, -0.2) is 23.4 Å². The summed E-state index contributed by atoms with van der Waals surface area (Å²) in [6.07, 6.45) is 1.17. The Labute approximate surface area is 188 Å². The van der Waals surface area contributed by atoms with Crippen molar-refractivity contribution in [2.45, 2.75) is 23.7 Å². The third kappa shape index (κ3) is 2.21. The van der Waals surface area contributed by atoms with Crippen molar-refractivity contribution in [3.63, 3.8) is 0 Å². The van der Waals surface area contributed by atoms with E-state index in [1.165, 1.54) is 44.5 Å². The minimum atomic E-state index is -0.486. The largest absolute Gasteiger partial charge is 0.396 e. The lowest BCUT2D eigenvalue weighted by Crippen LogP contribution is -2.50. The van der Waals surface area contributed by atoms with Gasteiger partial charge in [0, 0.05) is 24.0 Å². The summed E-state index contributed by atoms with van der Waals surface area (Å²) in [7, 11) is 0. The van der Waals surface area contributed by atoms with E-state index in [0.29, 0.717) is 12.8 Å². The quantitative estimate of drug-likeness (QED) is 0.437. The van der Waals surface area contributed by atoms with Gasteiger partial charge in [0.2, 0.25) is 0 Å². The molecule has 0 amide bonds. The highest BCUT2D eigenvalue weighted by atomic mass is 16.3. The molecular formula is C30H26O2. The summed E-state index contributed by atoms with van der Waals surface area (Å²) in [4.78, 5) is 0. The summed E-state index contributed by atoms with van der Waals surface area (Å²) in [6.45, 7) is 0.139. The molecule has 2 heteroatoms. The Morgan fingerprint density at radius 2 is 0.656 bits per heavy atom. The number of fused-ring (bicyclic) bond motifs is 6. The van der Waals surface area contributed by atoms with Gasteiger partial charge in [-0.2, -0.15) is 0 Å². The number of rotatable bonds is 5. The van der Waals surface area contributed by atoms with E-state index in [9.17, 15) is 10.2 Å². The molecule has 0 atom stereocenters. The Morgan fingerprint density at radius 1 is 0.406 bits per heavy atom. The summed E-state index contributed by atoms with van der Waals surface area (Å²) < 4.78 is 0. The molecule has 0 saturated carbocycles. The lowest BCUT2D eigenvalue weighted by molar-refractivity contribution is 0.173. The third-order valence-electron chi connectivity index (χ3n) is 7.83. The van der Waals surface area contributed by atoms with Crippen molar-refractivity contribution in [3.05, 3.63) is 119 Å². The zero-order valence-electron chi connectivity index (χ0n) is 18.0. The van der Waals surface area contributed by atoms with Crippen molar-refractivity contribution in [1.29, 1.82) is 0 Å². The van der Waals surface area contributed by atoms with Crippen LogP contribution in [0.2, 0.25) is 0 Å². The highest BCUT2D eigenvalue weighted by Crippen LogP contribution is 2.67. The van der Waals surface area contributed by atoms with Gasteiger partial charge in [-0.3, -0.25) is 0 Å². The maximum absolute atomic E-state index is 10.5. The van der Waals surface area contributed by atoms with Crippen LogP contribution in [0.1, 0.15) is 35.1 Å². The zero-order valence-corrected chi connectivity index (χ0v) is 18.0. The molecule has 2 nitrogen and oxygen atoms in total. The van der Waals surface area contributed by atoms with E-state index in [2.05, 4.69) is 97.1 Å². The van der Waals surface area contributed by atoms with Gasteiger partial charge in [-0.15, -0.1) is 0 Å². The number of hydrogen-bond donors (Lipinski definition) is 2. The van der Waals surface area contributed by atoms with Gasteiger partial charge in [0.25, 0.3) is 0 Å². The van der Waals surface area contributed by atoms with Crippen LogP contribution in [-0.2, 0) is 10.8 Å². The maximum Gasteiger partial charge on any atom is 0.0443 e. The fourth-order valence-corrected chi connectivity index (χ4v) is 6.87. The fourth-order valence-electron chi connectivity index (χ4n) is 6.87. The summed E-state index contributed by atoms with van der Waals surface area (Å²) in [5.41, 5.74) is 8.94. The molecule has 0 heterocycles. The number of aliphatic hydroxyl groups excluding tert-OH is 2. The number of aliphatic hydroxyl groups is 2. The van der Waals surface area contributed by atoms with Crippen molar-refractivity contribution in [1.82, 2.24) is 0 Å². The maximum atomic E-state index is 10.5. The van der Waals surface area contributed by atoms with Gasteiger partial charge < -0.3 is 10.2 Å². The monoisotopic (exact) mass is 418 g/mol. The number of benzene rings is 4. The topological polar surface area (TPSA) is 40.5 Å². The van der Waals surface area contributed by atoms with Gasteiger partial charge in [0.1, 0.15) is 0 Å². The smallest absolute Gasteiger partial charge is 0.0443 e. The minimum Gasteiger partial charge on any atom is -0.396 e. The summed E-state index contributed by atoms with van der Waals surface area (Å²) in [6, 6.07) is 34.5. The van der Waals surface area contributed by atoms with Crippen LogP contribution in [0.25, 0.3) is 22.3 Å². The second kappa shape index (κ2) is 7.16. The Hall–Kier alpha value is -3.20. The first-order valence-electron chi connectivity index (χ1n) is 11.4. The molecule has 0 spiro atoms. The van der Waals surface area contributed by atoms with E-state index in [1.807, 2.05) is 0 Å². The average molecular weight is 419 g/mol. The van der Waals surface area contributed by atoms with Crippen molar-refractivity contribution < 1.29 is 10.2 Å². The Morgan fingerprint density at radius 3 is 0.906 bits per heavy atom. The van der Waals surface area contributed by atoms with E-state index >= 15 is 0 Å². The first-order valence-corrected chi connectivity index (χ1v) is 11.4. The SMILES string of the molecule is OCCC1(C2(CCO)c3ccccc3-c3ccccc32)c2ccccc2-c2ccccc21. The molecule has 158 valence electrons. The molecule has 0 aliphatic heterocycles. The normalized spacial score (nSPS) is 16.2. The van der Waals surface area contributed by atoms with Crippen molar-refractivity contribution in [3.8, 4) is 22.3 Å². The second-order valence-corrected chi connectivity index (χ2v) is 8.94. The van der Waals surface area contributed by atoms with Crippen molar-refractivity contribution in [2.75, 3.05) is 13.2 Å². The van der Waals surface area contributed by atoms with Crippen LogP contribution in [0.5, 0.6) is 0 Å². The Balaban J connectivity index is 1.82. The molecule has 2 aliphatic carbocycles. The van der Waals surface area contributed by atoms with E-state index in [4.69, 9.17) is 0 Å². The van der Waals surface area contributed by atoms with E-state index in [1.54, 1.807) is 0 Å². The van der Waals surface area contributed by atoms with E-state index in [0.717, 1.165) is 0 Å². The van der Waals surface area contributed by atoms with Crippen LogP contribution in [0, 0.1) is 0 Å². The first-order chi connectivity index (χ1) is 15.8. The molecular weight excluding hydrogens is 392 g/mol. The highest BCUT2D eigenvalue weighted by molar-refractivity contribution is 5.88. The van der Waals surface area contributed by atoms with Crippen molar-refractivity contribution >= 4 is 0 Å². The zero-order chi connectivity index (χ0) is 21.8. The molecule has 2 aliphatic rings. The summed E-state index contributed by atoms with van der Waals surface area (Å²) in [5.74, 6) is 0. The second-order valence-electron chi connectivity index (χ2n) is 8.94. The number of hydrogen-bond acceptors (Lipinski definition) is 2. The predicted octanol–water partition coefficient (Wildman–Crippen LogP) is 5.68. The lowest BCUT2D eigenvalue weighted by atomic mass is 9.52. The molecule has 4 aromatic rings. The highest BCUT2D eigenvalue weighted by Gasteiger charge is 2.61. The Kier molecular flexibility index (Phi) is 4.36. The first kappa shape index (κ1) is 19.5. The van der Waals surface area contributed by atoms with Crippen LogP contribution in [0.4, 0.5) is 0 Å². The van der Waals surface area contributed by atoms with Gasteiger partial charge >= 0.3 is 0 Å². The van der Waals surface area contributed by atoms with Gasteiger partial charge in [0.15, 0.2) is 0 Å². The molecule has 6 rings (SSSR count). The third-order valence-corrected chi connectivity index (χ3v) is 7.83. The average Bonchev–Trinajstić information content (AvgIpc) is 3.30. The van der Waals surface area contributed by atoms with Crippen LogP contribution >= 0.6 is 0 Å².